The molecule has 3 nitrogen and oxygen atoms in total. The Labute approximate surface area is 102 Å². The van der Waals surface area contributed by atoms with Crippen LogP contribution >= 0.6 is 0 Å². The van der Waals surface area contributed by atoms with Gasteiger partial charge < -0.3 is 15.0 Å². The molecule has 1 atom stereocenters. The lowest BCUT2D eigenvalue weighted by Gasteiger charge is -2.26. The zero-order valence-corrected chi connectivity index (χ0v) is 10.7. The van der Waals surface area contributed by atoms with Crippen LogP contribution < -0.4 is 5.32 Å². The van der Waals surface area contributed by atoms with E-state index in [1.54, 1.807) is 0 Å². The second-order valence-electron chi connectivity index (χ2n) is 4.68. The summed E-state index contributed by atoms with van der Waals surface area (Å²) in [5, 5.41) is 14.6. The largest absolute Gasteiger partial charge is 0.369 e. The maximum absolute atomic E-state index is 10.4. The van der Waals surface area contributed by atoms with Crippen LogP contribution in [0.4, 0.5) is 0 Å². The van der Waals surface area contributed by atoms with Crippen LogP contribution in [0.1, 0.15) is 19.4 Å². The van der Waals surface area contributed by atoms with Gasteiger partial charge in [-0.25, -0.2) is 0 Å². The predicted octanol–water partition coefficient (Wildman–Crippen LogP) is 2.09. The molecule has 0 saturated carbocycles. The number of fused-ring (bicyclic) bond motifs is 1. The zero-order chi connectivity index (χ0) is 12.5. The molecule has 2 aromatic rings. The van der Waals surface area contributed by atoms with Crippen molar-refractivity contribution in [2.45, 2.75) is 26.0 Å². The summed E-state index contributed by atoms with van der Waals surface area (Å²) in [4.78, 5) is 0. The van der Waals surface area contributed by atoms with Crippen LogP contribution in [-0.2, 0) is 12.1 Å². The molecule has 17 heavy (non-hydrogen) atoms. The third-order valence-electron chi connectivity index (χ3n) is 3.19. The van der Waals surface area contributed by atoms with Gasteiger partial charge in [0.2, 0.25) is 0 Å². The Hall–Kier alpha value is -1.32. The first-order valence-corrected chi connectivity index (χ1v) is 6.06. The monoisotopic (exact) mass is 232 g/mol. The molecule has 2 rings (SSSR count). The molecule has 0 amide bonds. The first-order chi connectivity index (χ1) is 8.08. The lowest BCUT2D eigenvalue weighted by atomic mass is 10.1. The van der Waals surface area contributed by atoms with Crippen LogP contribution in [-0.4, -0.2) is 23.3 Å². The summed E-state index contributed by atoms with van der Waals surface area (Å²) in [5.74, 6) is 0. The number of rotatable bonds is 4. The standard InChI is InChI=1S/C14H20N2O/c1-4-11-5-6-13-12(9-11)7-8-16(13)14(2,17)10-15-3/h5-9,15,17H,4,10H2,1-3H3. The highest BCUT2D eigenvalue weighted by atomic mass is 16.3. The van der Waals surface area contributed by atoms with Crippen LogP contribution in [0.25, 0.3) is 10.9 Å². The molecule has 2 N–H and O–H groups in total. The number of aromatic nitrogens is 1. The molecule has 0 aliphatic carbocycles. The van der Waals surface area contributed by atoms with Gasteiger partial charge in [0.15, 0.2) is 5.72 Å². The highest BCUT2D eigenvalue weighted by Crippen LogP contribution is 2.23. The zero-order valence-electron chi connectivity index (χ0n) is 10.7. The van der Waals surface area contributed by atoms with Gasteiger partial charge in [-0.15, -0.1) is 0 Å². The number of nitrogens with one attached hydrogen (secondary N) is 1. The average molecular weight is 232 g/mol. The maximum atomic E-state index is 10.4. The predicted molar refractivity (Wildman–Crippen MR) is 71.1 cm³/mol. The number of benzene rings is 1. The third kappa shape index (κ3) is 2.21. The van der Waals surface area contributed by atoms with E-state index in [9.17, 15) is 5.11 Å². The lowest BCUT2D eigenvalue weighted by Crippen LogP contribution is -2.38. The van der Waals surface area contributed by atoms with Gasteiger partial charge in [0, 0.05) is 12.7 Å². The van der Waals surface area contributed by atoms with Crippen molar-refractivity contribution >= 4 is 10.9 Å². The molecule has 1 aromatic heterocycles. The van der Waals surface area contributed by atoms with Gasteiger partial charge in [0.25, 0.3) is 0 Å². The van der Waals surface area contributed by atoms with E-state index in [4.69, 9.17) is 0 Å². The Morgan fingerprint density at radius 1 is 1.35 bits per heavy atom. The summed E-state index contributed by atoms with van der Waals surface area (Å²) < 4.78 is 1.91. The number of nitrogens with zero attached hydrogens (tertiary/aromatic N) is 1. The molecule has 0 aliphatic rings. The fraction of sp³-hybridized carbons (Fsp3) is 0.429. The molecule has 1 unspecified atom stereocenters. The molecule has 0 fully saturated rings. The van der Waals surface area contributed by atoms with Crippen LogP contribution in [0.15, 0.2) is 30.5 Å². The van der Waals surface area contributed by atoms with Crippen molar-refractivity contribution < 1.29 is 5.11 Å². The Morgan fingerprint density at radius 2 is 2.12 bits per heavy atom. The highest BCUT2D eigenvalue weighted by Gasteiger charge is 2.22. The molecule has 0 bridgehead atoms. The Bertz CT molecular complexity index is 514. The van der Waals surface area contributed by atoms with E-state index in [-0.39, 0.29) is 0 Å². The Kier molecular flexibility index (Phi) is 3.22. The number of aryl methyl sites for hydroxylation is 1. The number of hydrogen-bond donors (Lipinski definition) is 2. The molecule has 0 saturated heterocycles. The first-order valence-electron chi connectivity index (χ1n) is 6.06. The van der Waals surface area contributed by atoms with Crippen molar-refractivity contribution in [1.29, 1.82) is 0 Å². The van der Waals surface area contributed by atoms with Crippen molar-refractivity contribution in [3.8, 4) is 0 Å². The lowest BCUT2D eigenvalue weighted by molar-refractivity contribution is -0.0110. The fourth-order valence-electron chi connectivity index (χ4n) is 2.25. The van der Waals surface area contributed by atoms with Gasteiger partial charge in [-0.2, -0.15) is 0 Å². The van der Waals surface area contributed by atoms with Crippen molar-refractivity contribution in [3.63, 3.8) is 0 Å². The van der Waals surface area contributed by atoms with Crippen molar-refractivity contribution in [2.24, 2.45) is 0 Å². The molecular formula is C14H20N2O. The second-order valence-corrected chi connectivity index (χ2v) is 4.68. The van der Waals surface area contributed by atoms with Crippen LogP contribution in [0.5, 0.6) is 0 Å². The summed E-state index contributed by atoms with van der Waals surface area (Å²) in [6, 6.07) is 8.44. The van der Waals surface area contributed by atoms with Crippen LogP contribution in [0.3, 0.4) is 0 Å². The normalized spacial score (nSPS) is 15.1. The summed E-state index contributed by atoms with van der Waals surface area (Å²) in [6.45, 7) is 4.48. The summed E-state index contributed by atoms with van der Waals surface area (Å²) in [5.41, 5.74) is 1.50. The van der Waals surface area contributed by atoms with Gasteiger partial charge in [0.05, 0.1) is 5.52 Å². The topological polar surface area (TPSA) is 37.2 Å². The molecule has 3 heteroatoms. The SMILES string of the molecule is CCc1ccc2c(ccn2C(C)(O)CNC)c1. The molecular weight excluding hydrogens is 212 g/mol. The Morgan fingerprint density at radius 3 is 2.76 bits per heavy atom. The van der Waals surface area contributed by atoms with Gasteiger partial charge in [-0.1, -0.05) is 13.0 Å². The number of hydrogen-bond acceptors (Lipinski definition) is 2. The van der Waals surface area contributed by atoms with E-state index in [1.807, 2.05) is 24.7 Å². The minimum Gasteiger partial charge on any atom is -0.369 e. The van der Waals surface area contributed by atoms with E-state index in [0.717, 1.165) is 11.9 Å². The molecule has 1 aromatic carbocycles. The molecule has 0 spiro atoms. The van der Waals surface area contributed by atoms with Gasteiger partial charge in [0.1, 0.15) is 0 Å². The molecule has 0 aliphatic heterocycles. The average Bonchev–Trinajstić information content (AvgIpc) is 2.72. The van der Waals surface area contributed by atoms with E-state index in [1.165, 1.54) is 10.9 Å². The van der Waals surface area contributed by atoms with Gasteiger partial charge in [-0.05, 0) is 49.5 Å². The number of aliphatic hydroxyl groups is 1. The summed E-state index contributed by atoms with van der Waals surface area (Å²) in [7, 11) is 1.84. The van der Waals surface area contributed by atoms with E-state index in [2.05, 4.69) is 36.5 Å². The number of likely N-dealkylation sites (N-methyl/N-ethyl adjacent to an activating group) is 1. The van der Waals surface area contributed by atoms with Crippen LogP contribution in [0.2, 0.25) is 0 Å². The fourth-order valence-corrected chi connectivity index (χ4v) is 2.25. The van der Waals surface area contributed by atoms with Crippen molar-refractivity contribution in [1.82, 2.24) is 9.88 Å². The van der Waals surface area contributed by atoms with E-state index < -0.39 is 5.72 Å². The quantitative estimate of drug-likeness (QED) is 0.847. The minimum atomic E-state index is -0.899. The third-order valence-corrected chi connectivity index (χ3v) is 3.19. The second kappa shape index (κ2) is 4.51. The van der Waals surface area contributed by atoms with Gasteiger partial charge in [-0.3, -0.25) is 0 Å². The van der Waals surface area contributed by atoms with Crippen molar-refractivity contribution in [3.05, 3.63) is 36.0 Å². The highest BCUT2D eigenvalue weighted by molar-refractivity contribution is 5.81. The molecule has 0 radical (unpaired) electrons. The van der Waals surface area contributed by atoms with Gasteiger partial charge >= 0.3 is 0 Å². The van der Waals surface area contributed by atoms with Crippen LogP contribution in [0, 0.1) is 0 Å². The van der Waals surface area contributed by atoms with E-state index >= 15 is 0 Å². The summed E-state index contributed by atoms with van der Waals surface area (Å²) in [6.07, 6.45) is 2.98. The molecule has 92 valence electrons. The minimum absolute atomic E-state index is 0.520. The van der Waals surface area contributed by atoms with E-state index in [0.29, 0.717) is 6.54 Å². The smallest absolute Gasteiger partial charge is 0.151 e. The Balaban J connectivity index is 2.49. The first kappa shape index (κ1) is 12.1. The molecule has 1 heterocycles. The maximum Gasteiger partial charge on any atom is 0.151 e. The summed E-state index contributed by atoms with van der Waals surface area (Å²) >= 11 is 0. The van der Waals surface area contributed by atoms with Crippen molar-refractivity contribution in [2.75, 3.05) is 13.6 Å².